The zero-order valence-corrected chi connectivity index (χ0v) is 14.3. The lowest BCUT2D eigenvalue weighted by Gasteiger charge is -2.08. The average molecular weight is 287 g/mol. The minimum absolute atomic E-state index is 0.316. The second kappa shape index (κ2) is 18.4. The van der Waals surface area contributed by atoms with Crippen LogP contribution in [0.1, 0.15) is 84.5 Å². The van der Waals surface area contributed by atoms with E-state index in [-0.39, 0.29) is 0 Å². The van der Waals surface area contributed by atoms with Crippen LogP contribution in [0.3, 0.4) is 0 Å². The van der Waals surface area contributed by atoms with Gasteiger partial charge in [-0.15, -0.1) is 0 Å². The molecule has 0 saturated heterocycles. The predicted octanol–water partition coefficient (Wildman–Crippen LogP) is 4.95. The van der Waals surface area contributed by atoms with Crippen molar-refractivity contribution in [2.45, 2.75) is 84.5 Å². The molecular weight excluding hydrogens is 250 g/mol. The fourth-order valence-electron chi connectivity index (χ4n) is 1.89. The van der Waals surface area contributed by atoms with Crippen molar-refractivity contribution in [3.63, 3.8) is 0 Å². The summed E-state index contributed by atoms with van der Waals surface area (Å²) in [5.74, 6) is -0.693. The van der Waals surface area contributed by atoms with E-state index in [1.54, 1.807) is 0 Å². The molecule has 0 aromatic carbocycles. The predicted molar refractivity (Wildman–Crippen MR) is 88.3 cm³/mol. The number of carboxylic acids is 1. The Labute approximate surface area is 126 Å². The molecule has 0 aromatic heterocycles. The van der Waals surface area contributed by atoms with E-state index in [1.165, 1.54) is 57.9 Å². The van der Waals surface area contributed by atoms with Gasteiger partial charge in [-0.05, 0) is 33.5 Å². The molecule has 20 heavy (non-hydrogen) atoms. The molecule has 0 aliphatic rings. The van der Waals surface area contributed by atoms with Gasteiger partial charge in [-0.2, -0.15) is 0 Å². The van der Waals surface area contributed by atoms with Crippen LogP contribution in [0.5, 0.6) is 0 Å². The minimum Gasteiger partial charge on any atom is -0.481 e. The molecule has 0 aliphatic heterocycles. The van der Waals surface area contributed by atoms with Gasteiger partial charge >= 0.3 is 5.97 Å². The standard InChI is InChI=1S/C12H27N.C5H10O2/c1-4-5-6-7-8-9-10-11-12-13(2)3;1-2-3-4-5(6)7/h4-12H2,1-3H3;2-4H2,1H3,(H,6,7). The van der Waals surface area contributed by atoms with Gasteiger partial charge in [0.2, 0.25) is 0 Å². The third kappa shape index (κ3) is 26.1. The highest BCUT2D eigenvalue weighted by molar-refractivity contribution is 5.66. The fraction of sp³-hybridized carbons (Fsp3) is 0.941. The Morgan fingerprint density at radius 2 is 1.25 bits per heavy atom. The average Bonchev–Trinajstić information content (AvgIpc) is 2.40. The summed E-state index contributed by atoms with van der Waals surface area (Å²) in [5, 5.41) is 8.04. The minimum atomic E-state index is -0.693. The summed E-state index contributed by atoms with van der Waals surface area (Å²) in [6.45, 7) is 5.51. The summed E-state index contributed by atoms with van der Waals surface area (Å²) in [5.41, 5.74) is 0. The number of aliphatic carboxylic acids is 1. The summed E-state index contributed by atoms with van der Waals surface area (Å²) < 4.78 is 0. The number of unbranched alkanes of at least 4 members (excludes halogenated alkanes) is 8. The quantitative estimate of drug-likeness (QED) is 0.516. The van der Waals surface area contributed by atoms with Crippen LogP contribution >= 0.6 is 0 Å². The van der Waals surface area contributed by atoms with E-state index >= 15 is 0 Å². The first-order valence-corrected chi connectivity index (χ1v) is 8.41. The van der Waals surface area contributed by atoms with E-state index in [2.05, 4.69) is 25.9 Å². The van der Waals surface area contributed by atoms with Crippen LogP contribution in [0.25, 0.3) is 0 Å². The first-order valence-electron chi connectivity index (χ1n) is 8.41. The van der Waals surface area contributed by atoms with E-state index < -0.39 is 5.97 Å². The Morgan fingerprint density at radius 1 is 0.800 bits per heavy atom. The van der Waals surface area contributed by atoms with Gasteiger partial charge in [0.05, 0.1) is 0 Å². The Balaban J connectivity index is 0. The highest BCUT2D eigenvalue weighted by Gasteiger charge is 1.92. The molecule has 0 radical (unpaired) electrons. The summed E-state index contributed by atoms with van der Waals surface area (Å²) in [4.78, 5) is 12.0. The molecule has 0 aliphatic carbocycles. The molecule has 0 rings (SSSR count). The lowest BCUT2D eigenvalue weighted by atomic mass is 10.1. The van der Waals surface area contributed by atoms with Crippen LogP contribution in [-0.4, -0.2) is 36.6 Å². The van der Waals surface area contributed by atoms with Crippen molar-refractivity contribution >= 4 is 5.97 Å². The zero-order chi connectivity index (χ0) is 15.6. The summed E-state index contributed by atoms with van der Waals surface area (Å²) in [7, 11) is 4.31. The Kier molecular flexibility index (Phi) is 20.0. The second-order valence-corrected chi connectivity index (χ2v) is 5.78. The van der Waals surface area contributed by atoms with Gasteiger partial charge in [0.1, 0.15) is 0 Å². The molecule has 0 fully saturated rings. The van der Waals surface area contributed by atoms with E-state index in [0.29, 0.717) is 6.42 Å². The Hall–Kier alpha value is -0.570. The number of carboxylic acid groups (broad SMARTS) is 1. The number of rotatable bonds is 12. The van der Waals surface area contributed by atoms with Gasteiger partial charge in [-0.25, -0.2) is 0 Å². The third-order valence-electron chi connectivity index (χ3n) is 3.20. The van der Waals surface area contributed by atoms with E-state index in [4.69, 9.17) is 5.11 Å². The fourth-order valence-corrected chi connectivity index (χ4v) is 1.89. The van der Waals surface area contributed by atoms with Crippen LogP contribution in [-0.2, 0) is 4.79 Å². The van der Waals surface area contributed by atoms with Crippen LogP contribution in [0, 0.1) is 0 Å². The highest BCUT2D eigenvalue weighted by Crippen LogP contribution is 2.08. The van der Waals surface area contributed by atoms with Gasteiger partial charge in [0, 0.05) is 6.42 Å². The highest BCUT2D eigenvalue weighted by atomic mass is 16.4. The maximum absolute atomic E-state index is 9.76. The monoisotopic (exact) mass is 287 g/mol. The Morgan fingerprint density at radius 3 is 1.60 bits per heavy atom. The number of hydrogen-bond donors (Lipinski definition) is 1. The van der Waals surface area contributed by atoms with Crippen molar-refractivity contribution in [1.82, 2.24) is 4.90 Å². The maximum Gasteiger partial charge on any atom is 0.303 e. The van der Waals surface area contributed by atoms with Crippen molar-refractivity contribution < 1.29 is 9.90 Å². The first-order chi connectivity index (χ1) is 9.54. The summed E-state index contributed by atoms with van der Waals surface area (Å²) in [6.07, 6.45) is 13.5. The molecule has 0 unspecified atom stereocenters. The molecule has 0 spiro atoms. The molecule has 0 bridgehead atoms. The molecule has 1 N–H and O–H groups in total. The van der Waals surface area contributed by atoms with E-state index in [0.717, 1.165) is 12.8 Å². The maximum atomic E-state index is 9.76. The Bertz CT molecular complexity index is 193. The molecule has 3 nitrogen and oxygen atoms in total. The second-order valence-electron chi connectivity index (χ2n) is 5.78. The SMILES string of the molecule is CCCCC(=O)O.CCCCCCCCCCN(C)C. The van der Waals surface area contributed by atoms with Gasteiger partial charge in [0.25, 0.3) is 0 Å². The molecular formula is C17H37NO2. The summed E-state index contributed by atoms with van der Waals surface area (Å²) >= 11 is 0. The normalized spacial score (nSPS) is 10.2. The lowest BCUT2D eigenvalue weighted by Crippen LogP contribution is -2.12. The van der Waals surface area contributed by atoms with Crippen LogP contribution in [0.4, 0.5) is 0 Å². The largest absolute Gasteiger partial charge is 0.481 e. The molecule has 0 aromatic rings. The topological polar surface area (TPSA) is 40.5 Å². The summed E-state index contributed by atoms with van der Waals surface area (Å²) in [6, 6.07) is 0. The third-order valence-corrected chi connectivity index (χ3v) is 3.20. The van der Waals surface area contributed by atoms with Gasteiger partial charge in [-0.3, -0.25) is 4.79 Å². The molecule has 122 valence electrons. The molecule has 0 amide bonds. The van der Waals surface area contributed by atoms with E-state index in [9.17, 15) is 4.79 Å². The van der Waals surface area contributed by atoms with Gasteiger partial charge < -0.3 is 10.0 Å². The van der Waals surface area contributed by atoms with Crippen molar-refractivity contribution in [1.29, 1.82) is 0 Å². The van der Waals surface area contributed by atoms with Crippen molar-refractivity contribution in [2.24, 2.45) is 0 Å². The number of hydrogen-bond acceptors (Lipinski definition) is 2. The van der Waals surface area contributed by atoms with Crippen molar-refractivity contribution in [2.75, 3.05) is 20.6 Å². The lowest BCUT2D eigenvalue weighted by molar-refractivity contribution is -0.137. The van der Waals surface area contributed by atoms with Gasteiger partial charge in [-0.1, -0.05) is 65.2 Å². The smallest absolute Gasteiger partial charge is 0.303 e. The molecule has 0 heterocycles. The van der Waals surface area contributed by atoms with Crippen LogP contribution in [0.15, 0.2) is 0 Å². The molecule has 0 atom stereocenters. The van der Waals surface area contributed by atoms with Crippen LogP contribution < -0.4 is 0 Å². The van der Waals surface area contributed by atoms with E-state index in [1.807, 2.05) is 6.92 Å². The zero-order valence-electron chi connectivity index (χ0n) is 14.3. The first kappa shape index (κ1) is 21.7. The molecule has 3 heteroatoms. The van der Waals surface area contributed by atoms with Crippen molar-refractivity contribution in [3.8, 4) is 0 Å². The van der Waals surface area contributed by atoms with Crippen LogP contribution in [0.2, 0.25) is 0 Å². The molecule has 0 saturated carbocycles. The van der Waals surface area contributed by atoms with Crippen molar-refractivity contribution in [3.05, 3.63) is 0 Å². The van der Waals surface area contributed by atoms with Gasteiger partial charge in [0.15, 0.2) is 0 Å². The number of nitrogens with zero attached hydrogens (tertiary/aromatic N) is 1. The number of carbonyl (C=O) groups is 1.